The summed E-state index contributed by atoms with van der Waals surface area (Å²) in [6.07, 6.45) is 0.226. The van der Waals surface area contributed by atoms with Crippen LogP contribution in [0.1, 0.15) is 17.5 Å². The molecule has 136 valence electrons. The molecule has 2 amide bonds. The van der Waals surface area contributed by atoms with Crippen molar-refractivity contribution in [3.63, 3.8) is 0 Å². The molecule has 1 atom stereocenters. The second kappa shape index (κ2) is 7.47. The Labute approximate surface area is 152 Å². The summed E-state index contributed by atoms with van der Waals surface area (Å²) in [4.78, 5) is 26.6. The van der Waals surface area contributed by atoms with E-state index in [0.717, 1.165) is 16.9 Å². The number of nitrogens with two attached hydrogens (primary N) is 1. The first-order valence-electron chi connectivity index (χ1n) is 8.54. The maximum atomic E-state index is 12.6. The van der Waals surface area contributed by atoms with Crippen molar-refractivity contribution in [1.82, 2.24) is 4.90 Å². The van der Waals surface area contributed by atoms with E-state index in [4.69, 9.17) is 10.5 Å². The smallest absolute Gasteiger partial charge is 0.229 e. The number of anilines is 2. The molecule has 6 heteroatoms. The van der Waals surface area contributed by atoms with Crippen molar-refractivity contribution in [2.24, 2.45) is 5.92 Å². The van der Waals surface area contributed by atoms with Crippen LogP contribution in [0.4, 0.5) is 11.4 Å². The molecule has 3 rings (SSSR count). The summed E-state index contributed by atoms with van der Waals surface area (Å²) in [5.41, 5.74) is 9.01. The van der Waals surface area contributed by atoms with E-state index in [0.29, 0.717) is 24.5 Å². The molecule has 0 aromatic heterocycles. The van der Waals surface area contributed by atoms with Crippen molar-refractivity contribution in [2.75, 3.05) is 24.7 Å². The first kappa shape index (κ1) is 17.8. The maximum Gasteiger partial charge on any atom is 0.229 e. The maximum absolute atomic E-state index is 12.6. The molecule has 0 saturated carbocycles. The average molecular weight is 353 g/mol. The number of carbonyl (C=O) groups is 2. The zero-order valence-electron chi connectivity index (χ0n) is 15.0. The third kappa shape index (κ3) is 3.96. The number of benzene rings is 2. The van der Waals surface area contributed by atoms with Gasteiger partial charge >= 0.3 is 0 Å². The predicted octanol–water partition coefficient (Wildman–Crippen LogP) is 2.57. The number of rotatable bonds is 5. The van der Waals surface area contributed by atoms with Crippen LogP contribution in [0.25, 0.3) is 0 Å². The van der Waals surface area contributed by atoms with Crippen molar-refractivity contribution >= 4 is 23.2 Å². The number of amides is 2. The molecule has 1 unspecified atom stereocenters. The van der Waals surface area contributed by atoms with Gasteiger partial charge in [-0.3, -0.25) is 9.59 Å². The van der Waals surface area contributed by atoms with Gasteiger partial charge in [0.25, 0.3) is 0 Å². The fourth-order valence-electron chi connectivity index (χ4n) is 3.06. The van der Waals surface area contributed by atoms with E-state index in [1.807, 2.05) is 37.3 Å². The number of ether oxygens (including phenoxy) is 1. The summed E-state index contributed by atoms with van der Waals surface area (Å²) in [7, 11) is 1.62. The minimum absolute atomic E-state index is 0.00901. The number of nitrogen functional groups attached to an aromatic ring is 1. The van der Waals surface area contributed by atoms with Gasteiger partial charge in [0.2, 0.25) is 11.8 Å². The summed E-state index contributed by atoms with van der Waals surface area (Å²) in [6.45, 7) is 2.81. The first-order chi connectivity index (χ1) is 12.5. The average Bonchev–Trinajstić information content (AvgIpc) is 2.99. The Morgan fingerprint density at radius 1 is 1.27 bits per heavy atom. The van der Waals surface area contributed by atoms with E-state index < -0.39 is 0 Å². The quantitative estimate of drug-likeness (QED) is 0.809. The SMILES string of the molecule is COc1ccc(CN2CC(C(=O)Nc3cc(N)ccc3C)CC2=O)cc1. The van der Waals surface area contributed by atoms with Crippen LogP contribution in [0.15, 0.2) is 42.5 Å². The fourth-order valence-corrected chi connectivity index (χ4v) is 3.06. The molecule has 0 radical (unpaired) electrons. The Bertz CT molecular complexity index is 818. The van der Waals surface area contributed by atoms with Gasteiger partial charge in [0.1, 0.15) is 5.75 Å². The zero-order chi connectivity index (χ0) is 18.7. The standard InChI is InChI=1S/C20H23N3O3/c1-13-3-6-16(21)10-18(13)22-20(25)15-9-19(24)23(12-15)11-14-4-7-17(26-2)8-5-14/h3-8,10,15H,9,11-12,21H2,1-2H3,(H,22,25). The van der Waals surface area contributed by atoms with E-state index in [1.54, 1.807) is 24.1 Å². The molecular formula is C20H23N3O3. The van der Waals surface area contributed by atoms with Gasteiger partial charge in [-0.1, -0.05) is 18.2 Å². The van der Waals surface area contributed by atoms with Crippen LogP contribution in [0.5, 0.6) is 5.75 Å². The Kier molecular flexibility index (Phi) is 5.11. The Balaban J connectivity index is 1.63. The van der Waals surface area contributed by atoms with Crippen molar-refractivity contribution < 1.29 is 14.3 Å². The third-order valence-corrected chi connectivity index (χ3v) is 4.64. The lowest BCUT2D eigenvalue weighted by Crippen LogP contribution is -2.28. The largest absolute Gasteiger partial charge is 0.497 e. The van der Waals surface area contributed by atoms with Gasteiger partial charge in [0, 0.05) is 30.9 Å². The number of nitrogens with one attached hydrogen (secondary N) is 1. The molecule has 0 bridgehead atoms. The highest BCUT2D eigenvalue weighted by Crippen LogP contribution is 2.24. The van der Waals surface area contributed by atoms with Crippen LogP contribution in [0.2, 0.25) is 0 Å². The summed E-state index contributed by atoms with van der Waals surface area (Å²) in [5.74, 6) is 0.257. The topological polar surface area (TPSA) is 84.7 Å². The minimum Gasteiger partial charge on any atom is -0.497 e. The van der Waals surface area contributed by atoms with Gasteiger partial charge in [-0.25, -0.2) is 0 Å². The van der Waals surface area contributed by atoms with Crippen LogP contribution in [-0.2, 0) is 16.1 Å². The van der Waals surface area contributed by atoms with Gasteiger partial charge in [-0.05, 0) is 42.3 Å². The molecule has 0 aliphatic carbocycles. The third-order valence-electron chi connectivity index (χ3n) is 4.64. The Morgan fingerprint density at radius 3 is 2.69 bits per heavy atom. The van der Waals surface area contributed by atoms with Gasteiger partial charge in [0.05, 0.1) is 13.0 Å². The van der Waals surface area contributed by atoms with Crippen LogP contribution >= 0.6 is 0 Å². The molecule has 1 fully saturated rings. The molecule has 6 nitrogen and oxygen atoms in total. The van der Waals surface area contributed by atoms with Crippen molar-refractivity contribution in [3.8, 4) is 5.75 Å². The van der Waals surface area contributed by atoms with Gasteiger partial charge in [-0.2, -0.15) is 0 Å². The molecule has 1 aliphatic heterocycles. The van der Waals surface area contributed by atoms with E-state index >= 15 is 0 Å². The lowest BCUT2D eigenvalue weighted by Gasteiger charge is -2.17. The molecule has 0 spiro atoms. The number of hydrogen-bond donors (Lipinski definition) is 2. The highest BCUT2D eigenvalue weighted by molar-refractivity contribution is 5.97. The van der Waals surface area contributed by atoms with Crippen LogP contribution in [0, 0.1) is 12.8 Å². The van der Waals surface area contributed by atoms with E-state index in [9.17, 15) is 9.59 Å². The number of nitrogens with zero attached hydrogens (tertiary/aromatic N) is 1. The molecule has 26 heavy (non-hydrogen) atoms. The summed E-state index contributed by atoms with van der Waals surface area (Å²) < 4.78 is 5.14. The van der Waals surface area contributed by atoms with Crippen LogP contribution in [-0.4, -0.2) is 30.4 Å². The minimum atomic E-state index is -0.360. The summed E-state index contributed by atoms with van der Waals surface area (Å²) >= 11 is 0. The van der Waals surface area contributed by atoms with Crippen molar-refractivity contribution in [3.05, 3.63) is 53.6 Å². The van der Waals surface area contributed by atoms with Crippen molar-refractivity contribution in [2.45, 2.75) is 19.9 Å². The van der Waals surface area contributed by atoms with E-state index in [1.165, 1.54) is 0 Å². The number of aryl methyl sites for hydroxylation is 1. The normalized spacial score (nSPS) is 16.6. The lowest BCUT2D eigenvalue weighted by molar-refractivity contribution is -0.128. The van der Waals surface area contributed by atoms with Crippen LogP contribution in [0.3, 0.4) is 0 Å². The van der Waals surface area contributed by atoms with Crippen molar-refractivity contribution in [1.29, 1.82) is 0 Å². The number of hydrogen-bond acceptors (Lipinski definition) is 4. The molecule has 1 saturated heterocycles. The molecule has 1 heterocycles. The highest BCUT2D eigenvalue weighted by atomic mass is 16.5. The molecule has 2 aromatic carbocycles. The molecule has 2 aromatic rings. The van der Waals surface area contributed by atoms with Gasteiger partial charge in [-0.15, -0.1) is 0 Å². The highest BCUT2D eigenvalue weighted by Gasteiger charge is 2.34. The van der Waals surface area contributed by atoms with Crippen LogP contribution < -0.4 is 15.8 Å². The van der Waals surface area contributed by atoms with Gasteiger partial charge in [0.15, 0.2) is 0 Å². The zero-order valence-corrected chi connectivity index (χ0v) is 15.0. The number of likely N-dealkylation sites (tertiary alicyclic amines) is 1. The monoisotopic (exact) mass is 353 g/mol. The van der Waals surface area contributed by atoms with Gasteiger partial charge < -0.3 is 20.7 Å². The predicted molar refractivity (Wildman–Crippen MR) is 101 cm³/mol. The fraction of sp³-hybridized carbons (Fsp3) is 0.300. The second-order valence-electron chi connectivity index (χ2n) is 6.59. The lowest BCUT2D eigenvalue weighted by atomic mass is 10.1. The molecule has 1 aliphatic rings. The molecule has 3 N–H and O–H groups in total. The Hall–Kier alpha value is -3.02. The first-order valence-corrected chi connectivity index (χ1v) is 8.54. The Morgan fingerprint density at radius 2 is 2.00 bits per heavy atom. The second-order valence-corrected chi connectivity index (χ2v) is 6.59. The summed E-state index contributed by atoms with van der Waals surface area (Å²) in [6, 6.07) is 13.0. The number of methoxy groups -OCH3 is 1. The number of carbonyl (C=O) groups excluding carboxylic acids is 2. The van der Waals surface area contributed by atoms with E-state index in [2.05, 4.69) is 5.32 Å². The summed E-state index contributed by atoms with van der Waals surface area (Å²) in [5, 5.41) is 2.90. The van der Waals surface area contributed by atoms with E-state index in [-0.39, 0.29) is 24.2 Å². The molecular weight excluding hydrogens is 330 g/mol.